The first kappa shape index (κ1) is 39.7. The van der Waals surface area contributed by atoms with E-state index in [-0.39, 0.29) is 11.0 Å². The molecule has 9 rings (SSSR count). The Bertz CT molecular complexity index is 2760. The van der Waals surface area contributed by atoms with Crippen LogP contribution in [0.5, 0.6) is 11.5 Å². The minimum absolute atomic E-state index is 0.0904. The fourth-order valence-corrected chi connectivity index (χ4v) is 12.0. The molecule has 5 aromatic rings. The second kappa shape index (κ2) is 15.4. The molecule has 59 heavy (non-hydrogen) atoms. The van der Waals surface area contributed by atoms with Gasteiger partial charge in [-0.05, 0) is 141 Å². The molecule has 4 aliphatic rings. The van der Waals surface area contributed by atoms with E-state index in [1.165, 1.54) is 48.4 Å². The summed E-state index contributed by atoms with van der Waals surface area (Å²) in [5.41, 5.74) is 6.52. The normalized spacial score (nSPS) is 25.1. The lowest BCUT2D eigenvalue weighted by atomic mass is 9.72. The summed E-state index contributed by atoms with van der Waals surface area (Å²) >= 11 is 0. The van der Waals surface area contributed by atoms with Gasteiger partial charge in [-0.3, -0.25) is 9.11 Å². The molecule has 8 nitrogen and oxygen atoms in total. The van der Waals surface area contributed by atoms with Gasteiger partial charge in [0.15, 0.2) is 0 Å². The van der Waals surface area contributed by atoms with Gasteiger partial charge in [0, 0.05) is 46.3 Å². The minimum Gasteiger partial charge on any atom is -0.456 e. The molecular formula is C49H51NO7S2. The Morgan fingerprint density at radius 3 is 1.86 bits per heavy atom. The SMILES string of the molecule is CCN(c1ccc2c(c1)Oc1c/c(=C3\CC3(C)C3CCC(c4ccccc4)CC3)ccc1=C2c1ccc(S(=O)(=O)O)cc1S(=O)(=O)O)C1CCC(c2ccccc2)CC1. The quantitative estimate of drug-likeness (QED) is 0.138. The Morgan fingerprint density at radius 2 is 1.27 bits per heavy atom. The standard InChI is InChI=1S/C49H51NO7S2/c1-3-50(38-21-16-35(17-22-38)33-12-8-5-9-13-33)39-23-26-42-46(29-39)57-45-28-36(44-31-49(44,2)37-19-14-34(15-20-37)32-10-6-4-7-11-32)18-25-41(45)48(42)43-27-24-40(58(51,52)53)30-47(43)59(54,55)56/h4-13,18,23-30,34-35,37-38H,3,14-17,19-22,31H2,1-2H3,(H,51,52,53)(H,54,55,56)/b44-36+. The first-order valence-electron chi connectivity index (χ1n) is 21.0. The van der Waals surface area contributed by atoms with Gasteiger partial charge in [0.2, 0.25) is 0 Å². The second-order valence-corrected chi connectivity index (χ2v) is 20.0. The van der Waals surface area contributed by atoms with Gasteiger partial charge in [0.05, 0.1) is 4.90 Å². The zero-order chi connectivity index (χ0) is 41.1. The van der Waals surface area contributed by atoms with Crippen molar-refractivity contribution in [3.63, 3.8) is 0 Å². The van der Waals surface area contributed by atoms with Crippen LogP contribution in [0.1, 0.15) is 106 Å². The van der Waals surface area contributed by atoms with Gasteiger partial charge in [-0.25, -0.2) is 0 Å². The van der Waals surface area contributed by atoms with E-state index < -0.39 is 30.0 Å². The first-order chi connectivity index (χ1) is 28.3. The van der Waals surface area contributed by atoms with Gasteiger partial charge in [0.25, 0.3) is 20.2 Å². The molecule has 306 valence electrons. The van der Waals surface area contributed by atoms with E-state index >= 15 is 0 Å². The lowest BCUT2D eigenvalue weighted by Crippen LogP contribution is -2.38. The minimum atomic E-state index is -4.95. The predicted octanol–water partition coefficient (Wildman–Crippen LogP) is 9.62. The lowest BCUT2D eigenvalue weighted by molar-refractivity contribution is 0.243. The third-order valence-corrected chi connectivity index (χ3v) is 15.7. The molecule has 1 atom stereocenters. The second-order valence-electron chi connectivity index (χ2n) is 17.2. The summed E-state index contributed by atoms with van der Waals surface area (Å²) in [6, 6.07) is 37.3. The third-order valence-electron chi connectivity index (χ3n) is 13.9. The van der Waals surface area contributed by atoms with Crippen molar-refractivity contribution in [1.29, 1.82) is 0 Å². The molecule has 10 heteroatoms. The van der Waals surface area contributed by atoms with Gasteiger partial charge in [-0.1, -0.05) is 85.3 Å². The molecule has 1 aliphatic heterocycles. The molecular weight excluding hydrogens is 779 g/mol. The molecule has 1 heterocycles. The van der Waals surface area contributed by atoms with Crippen LogP contribution in [0.25, 0.3) is 11.1 Å². The van der Waals surface area contributed by atoms with E-state index in [2.05, 4.69) is 91.5 Å². The molecule has 1 unspecified atom stereocenters. The van der Waals surface area contributed by atoms with Crippen LogP contribution in [0.4, 0.5) is 5.69 Å². The van der Waals surface area contributed by atoms with Crippen molar-refractivity contribution in [2.45, 2.75) is 99.3 Å². The van der Waals surface area contributed by atoms with Crippen LogP contribution in [-0.4, -0.2) is 38.5 Å². The number of fused-ring (bicyclic) bond motifs is 2. The smallest absolute Gasteiger partial charge is 0.295 e. The Kier molecular flexibility index (Phi) is 10.3. The van der Waals surface area contributed by atoms with E-state index in [1.54, 1.807) is 0 Å². The van der Waals surface area contributed by atoms with Crippen LogP contribution in [0.2, 0.25) is 0 Å². The molecule has 5 aromatic carbocycles. The van der Waals surface area contributed by atoms with Crippen LogP contribution >= 0.6 is 0 Å². The number of rotatable bonds is 9. The average molecular weight is 830 g/mol. The van der Waals surface area contributed by atoms with Gasteiger partial charge in [-0.15, -0.1) is 0 Å². The summed E-state index contributed by atoms with van der Waals surface area (Å²) in [4.78, 5) is 1.18. The van der Waals surface area contributed by atoms with Crippen molar-refractivity contribution >= 4 is 37.1 Å². The van der Waals surface area contributed by atoms with Gasteiger partial charge in [-0.2, -0.15) is 16.8 Å². The fourth-order valence-electron chi connectivity index (χ4n) is 10.7. The highest BCUT2D eigenvalue weighted by Crippen LogP contribution is 2.62. The number of ether oxygens (including phenoxy) is 1. The number of hydrogen-bond donors (Lipinski definition) is 2. The Balaban J connectivity index is 1.10. The van der Waals surface area contributed by atoms with Crippen LogP contribution in [0.3, 0.4) is 0 Å². The summed E-state index contributed by atoms with van der Waals surface area (Å²) in [7, 11) is -9.71. The highest BCUT2D eigenvalue weighted by molar-refractivity contribution is 7.86. The maximum Gasteiger partial charge on any atom is 0.295 e. The lowest BCUT2D eigenvalue weighted by Gasteiger charge is -2.38. The number of benzene rings is 5. The molecule has 0 radical (unpaired) electrons. The Morgan fingerprint density at radius 1 is 0.661 bits per heavy atom. The van der Waals surface area contributed by atoms with E-state index in [9.17, 15) is 25.9 Å². The molecule has 0 spiro atoms. The van der Waals surface area contributed by atoms with Crippen LogP contribution < -0.4 is 20.1 Å². The van der Waals surface area contributed by atoms with Crippen molar-refractivity contribution in [2.24, 2.45) is 11.3 Å². The van der Waals surface area contributed by atoms with Gasteiger partial charge in [0.1, 0.15) is 16.4 Å². The summed E-state index contributed by atoms with van der Waals surface area (Å²) in [5, 5.41) is 1.72. The summed E-state index contributed by atoms with van der Waals surface area (Å²) < 4.78 is 77.4. The van der Waals surface area contributed by atoms with Crippen molar-refractivity contribution < 1.29 is 30.7 Å². The molecule has 3 saturated carbocycles. The monoisotopic (exact) mass is 829 g/mol. The highest BCUT2D eigenvalue weighted by atomic mass is 32.2. The summed E-state index contributed by atoms with van der Waals surface area (Å²) in [6.07, 6.45) is 10.0. The fraction of sp³-hybridized carbons (Fsp3) is 0.347. The van der Waals surface area contributed by atoms with E-state index in [0.29, 0.717) is 51.6 Å². The molecule has 0 aromatic heterocycles. The number of nitrogens with zero attached hydrogens (tertiary/aromatic N) is 1. The third kappa shape index (κ3) is 7.65. The topological polar surface area (TPSA) is 121 Å². The molecule has 0 amide bonds. The van der Waals surface area contributed by atoms with E-state index in [4.69, 9.17) is 4.74 Å². The first-order valence-corrected chi connectivity index (χ1v) is 23.9. The van der Waals surface area contributed by atoms with E-state index in [0.717, 1.165) is 61.7 Å². The average Bonchev–Trinajstić information content (AvgIpc) is 3.95. The van der Waals surface area contributed by atoms with Gasteiger partial charge >= 0.3 is 0 Å². The predicted molar refractivity (Wildman–Crippen MR) is 232 cm³/mol. The maximum atomic E-state index is 13.0. The summed E-state index contributed by atoms with van der Waals surface area (Å²) in [6.45, 7) is 5.35. The molecule has 0 bridgehead atoms. The summed E-state index contributed by atoms with van der Waals surface area (Å²) in [5.74, 6) is 2.83. The molecule has 2 N–H and O–H groups in total. The number of anilines is 1. The van der Waals surface area contributed by atoms with Crippen LogP contribution in [0.15, 0.2) is 125 Å². The van der Waals surface area contributed by atoms with Crippen LogP contribution in [-0.2, 0) is 20.2 Å². The maximum absolute atomic E-state index is 13.0. The largest absolute Gasteiger partial charge is 0.456 e. The van der Waals surface area contributed by atoms with Gasteiger partial charge < -0.3 is 9.64 Å². The molecule has 0 saturated heterocycles. The Labute approximate surface area is 347 Å². The van der Waals surface area contributed by atoms with Crippen molar-refractivity contribution in [3.05, 3.63) is 148 Å². The highest BCUT2D eigenvalue weighted by Gasteiger charge is 2.51. The van der Waals surface area contributed by atoms with Crippen molar-refractivity contribution in [3.8, 4) is 11.5 Å². The van der Waals surface area contributed by atoms with Crippen molar-refractivity contribution in [1.82, 2.24) is 0 Å². The molecule has 3 aliphatic carbocycles. The Hall–Kier alpha value is -4.74. The van der Waals surface area contributed by atoms with E-state index in [1.807, 2.05) is 24.3 Å². The molecule has 3 fully saturated rings. The zero-order valence-corrected chi connectivity index (χ0v) is 35.2. The van der Waals surface area contributed by atoms with Crippen molar-refractivity contribution in [2.75, 3.05) is 11.4 Å². The number of hydrogen-bond acceptors (Lipinski definition) is 6. The zero-order valence-electron chi connectivity index (χ0n) is 33.5. The van der Waals surface area contributed by atoms with Crippen LogP contribution in [0, 0.1) is 11.3 Å².